The van der Waals surface area contributed by atoms with E-state index in [9.17, 15) is 18.0 Å². The van der Waals surface area contributed by atoms with Crippen molar-refractivity contribution in [3.8, 4) is 0 Å². The Bertz CT molecular complexity index is 1080. The molecule has 0 aromatic carbocycles. The Morgan fingerprint density at radius 1 is 0.938 bits per heavy atom. The highest BCUT2D eigenvalue weighted by molar-refractivity contribution is 7.89. The molecule has 0 bridgehead atoms. The van der Waals surface area contributed by atoms with Gasteiger partial charge in [-0.15, -0.1) is 22.7 Å². The van der Waals surface area contributed by atoms with E-state index < -0.39 is 10.0 Å². The Hall–Kier alpha value is -1.75. The van der Waals surface area contributed by atoms with Crippen molar-refractivity contribution in [1.82, 2.24) is 14.5 Å². The maximum Gasteiger partial charge on any atom is 0.264 e. The Morgan fingerprint density at radius 2 is 1.47 bits per heavy atom. The number of hydrogen-bond acceptors (Lipinski definition) is 6. The molecule has 3 heterocycles. The number of carbonyl (C=O) groups excluding carboxylic acids is 2. The average molecular weight is 498 g/mol. The van der Waals surface area contributed by atoms with Crippen molar-refractivity contribution < 1.29 is 18.0 Å². The van der Waals surface area contributed by atoms with E-state index in [0.29, 0.717) is 22.8 Å². The van der Waals surface area contributed by atoms with Gasteiger partial charge in [0.05, 0.1) is 15.5 Å². The van der Waals surface area contributed by atoms with Gasteiger partial charge in [0.25, 0.3) is 11.8 Å². The van der Waals surface area contributed by atoms with Crippen LogP contribution in [0.25, 0.3) is 0 Å². The van der Waals surface area contributed by atoms with Gasteiger partial charge in [-0.3, -0.25) is 9.59 Å². The Balaban J connectivity index is 1.49. The normalized spacial score (nSPS) is 15.2. The summed E-state index contributed by atoms with van der Waals surface area (Å²) in [5.41, 5.74) is 2.33. The molecule has 0 atom stereocenters. The third-order valence-corrected chi connectivity index (χ3v) is 9.85. The van der Waals surface area contributed by atoms with Crippen LogP contribution in [0, 0.1) is 13.8 Å². The van der Waals surface area contributed by atoms with Gasteiger partial charge in [0.15, 0.2) is 0 Å². The van der Waals surface area contributed by atoms with Gasteiger partial charge in [-0.1, -0.05) is 13.8 Å². The van der Waals surface area contributed by atoms with Crippen LogP contribution in [0.15, 0.2) is 12.1 Å². The zero-order valence-electron chi connectivity index (χ0n) is 19.1. The lowest BCUT2D eigenvalue weighted by Gasteiger charge is -2.33. The molecule has 0 radical (unpaired) electrons. The zero-order chi connectivity index (χ0) is 23.5. The minimum absolute atomic E-state index is 0.0280. The molecule has 3 rings (SSSR count). The Morgan fingerprint density at radius 3 is 2.00 bits per heavy atom. The topological polar surface area (TPSA) is 86.8 Å². The number of aryl methyl sites for hydroxylation is 4. The number of carbonyl (C=O) groups is 2. The van der Waals surface area contributed by atoms with Crippen molar-refractivity contribution in [1.29, 1.82) is 0 Å². The zero-order valence-corrected chi connectivity index (χ0v) is 21.5. The van der Waals surface area contributed by atoms with E-state index in [-0.39, 0.29) is 37.2 Å². The Labute approximate surface area is 198 Å². The molecule has 1 N–H and O–H groups in total. The van der Waals surface area contributed by atoms with E-state index in [1.165, 1.54) is 32.5 Å². The van der Waals surface area contributed by atoms with E-state index in [1.807, 2.05) is 32.9 Å². The van der Waals surface area contributed by atoms with Crippen LogP contribution < -0.4 is 5.32 Å². The molecule has 1 fully saturated rings. The van der Waals surface area contributed by atoms with Gasteiger partial charge in [0, 0.05) is 42.5 Å². The summed E-state index contributed by atoms with van der Waals surface area (Å²) in [6, 6.07) is 3.82. The molecule has 1 saturated heterocycles. The molecule has 0 saturated carbocycles. The molecule has 32 heavy (non-hydrogen) atoms. The smallest absolute Gasteiger partial charge is 0.264 e. The second kappa shape index (κ2) is 10.5. The third-order valence-electron chi connectivity index (χ3n) is 5.80. The number of nitrogens with one attached hydrogen (secondary N) is 1. The summed E-state index contributed by atoms with van der Waals surface area (Å²) < 4.78 is 26.9. The molecule has 10 heteroatoms. The monoisotopic (exact) mass is 497 g/mol. The molecule has 1 aliphatic heterocycles. The fraction of sp³-hybridized carbons (Fsp3) is 0.545. The lowest BCUT2D eigenvalue weighted by Crippen LogP contribution is -2.51. The molecule has 1 aliphatic rings. The SMILES string of the molecule is CCc1cc(C(=O)NCCS(=O)(=O)N2CCN(C(=O)c3cc(CC)c(C)s3)CC2)sc1C. The van der Waals surface area contributed by atoms with Gasteiger partial charge in [0.2, 0.25) is 10.0 Å². The second-order valence-corrected chi connectivity index (χ2v) is 12.5. The summed E-state index contributed by atoms with van der Waals surface area (Å²) >= 11 is 2.93. The number of nitrogens with zero attached hydrogens (tertiary/aromatic N) is 2. The summed E-state index contributed by atoms with van der Waals surface area (Å²) in [7, 11) is -3.50. The average Bonchev–Trinajstić information content (AvgIpc) is 3.35. The first-order valence-electron chi connectivity index (χ1n) is 10.9. The number of amides is 2. The quantitative estimate of drug-likeness (QED) is 0.607. The van der Waals surface area contributed by atoms with Crippen LogP contribution in [0.2, 0.25) is 0 Å². The number of piperazine rings is 1. The van der Waals surface area contributed by atoms with E-state index in [1.54, 1.807) is 4.90 Å². The van der Waals surface area contributed by atoms with Crippen molar-refractivity contribution in [2.45, 2.75) is 40.5 Å². The maximum absolute atomic E-state index is 12.8. The van der Waals surface area contributed by atoms with Crippen molar-refractivity contribution in [3.05, 3.63) is 42.8 Å². The number of rotatable bonds is 8. The maximum atomic E-state index is 12.8. The fourth-order valence-corrected chi connectivity index (χ4v) is 7.24. The minimum atomic E-state index is -3.50. The van der Waals surface area contributed by atoms with Crippen molar-refractivity contribution in [3.63, 3.8) is 0 Å². The predicted molar refractivity (Wildman–Crippen MR) is 130 cm³/mol. The van der Waals surface area contributed by atoms with Crippen LogP contribution >= 0.6 is 22.7 Å². The fourth-order valence-electron chi connectivity index (χ4n) is 3.79. The first-order valence-corrected chi connectivity index (χ1v) is 14.1. The molecular weight excluding hydrogens is 466 g/mol. The van der Waals surface area contributed by atoms with Crippen LogP contribution in [0.4, 0.5) is 0 Å². The largest absolute Gasteiger partial charge is 0.350 e. The highest BCUT2D eigenvalue weighted by Gasteiger charge is 2.30. The van der Waals surface area contributed by atoms with E-state index in [4.69, 9.17) is 0 Å². The van der Waals surface area contributed by atoms with E-state index in [0.717, 1.165) is 28.2 Å². The summed E-state index contributed by atoms with van der Waals surface area (Å²) in [5.74, 6) is -0.414. The van der Waals surface area contributed by atoms with Crippen LogP contribution in [0.1, 0.15) is 54.1 Å². The van der Waals surface area contributed by atoms with Crippen LogP contribution in [0.3, 0.4) is 0 Å². The summed E-state index contributed by atoms with van der Waals surface area (Å²) in [6.07, 6.45) is 1.76. The highest BCUT2D eigenvalue weighted by Crippen LogP contribution is 2.24. The van der Waals surface area contributed by atoms with E-state index >= 15 is 0 Å². The molecule has 0 aliphatic carbocycles. The minimum Gasteiger partial charge on any atom is -0.350 e. The van der Waals surface area contributed by atoms with Gasteiger partial charge in [-0.2, -0.15) is 4.31 Å². The molecule has 7 nitrogen and oxygen atoms in total. The predicted octanol–water partition coefficient (Wildman–Crippen LogP) is 3.07. The summed E-state index contributed by atoms with van der Waals surface area (Å²) in [6.45, 7) is 9.47. The van der Waals surface area contributed by atoms with Crippen molar-refractivity contribution >= 4 is 44.5 Å². The lowest BCUT2D eigenvalue weighted by molar-refractivity contribution is 0.0702. The lowest BCUT2D eigenvalue weighted by atomic mass is 10.2. The molecule has 2 aromatic rings. The third kappa shape index (κ3) is 5.59. The van der Waals surface area contributed by atoms with Crippen LogP contribution in [-0.4, -0.2) is 67.9 Å². The first kappa shape index (κ1) is 24.9. The molecule has 0 spiro atoms. The number of hydrogen-bond donors (Lipinski definition) is 1. The number of thiophene rings is 2. The highest BCUT2D eigenvalue weighted by atomic mass is 32.2. The number of sulfonamides is 1. The standard InChI is InChI=1S/C22H31N3O4S3/c1-5-17-13-19(30-15(17)3)21(26)23-7-12-32(28,29)25-10-8-24(9-11-25)22(27)20-14-18(6-2)16(4)31-20/h13-14H,5-12H2,1-4H3,(H,23,26). The Kier molecular flexibility index (Phi) is 8.13. The first-order chi connectivity index (χ1) is 15.2. The molecule has 2 aromatic heterocycles. The van der Waals surface area contributed by atoms with Gasteiger partial charge < -0.3 is 10.2 Å². The van der Waals surface area contributed by atoms with Gasteiger partial charge in [-0.05, 0) is 49.9 Å². The van der Waals surface area contributed by atoms with Crippen molar-refractivity contribution in [2.75, 3.05) is 38.5 Å². The van der Waals surface area contributed by atoms with Crippen molar-refractivity contribution in [2.24, 2.45) is 0 Å². The molecule has 2 amide bonds. The summed E-state index contributed by atoms with van der Waals surface area (Å²) in [5, 5.41) is 2.72. The second-order valence-electron chi connectivity index (χ2n) is 7.85. The van der Waals surface area contributed by atoms with Gasteiger partial charge >= 0.3 is 0 Å². The van der Waals surface area contributed by atoms with E-state index in [2.05, 4.69) is 12.2 Å². The van der Waals surface area contributed by atoms with Crippen LogP contribution in [0.5, 0.6) is 0 Å². The molecule has 0 unspecified atom stereocenters. The van der Waals surface area contributed by atoms with Gasteiger partial charge in [-0.25, -0.2) is 8.42 Å². The van der Waals surface area contributed by atoms with Gasteiger partial charge in [0.1, 0.15) is 0 Å². The summed E-state index contributed by atoms with van der Waals surface area (Å²) in [4.78, 5) is 30.4. The molecular formula is C22H31N3O4S3. The molecule has 176 valence electrons. The van der Waals surface area contributed by atoms with Crippen LogP contribution in [-0.2, 0) is 22.9 Å².